The van der Waals surface area contributed by atoms with Crippen LogP contribution in [0.4, 0.5) is 0 Å². The maximum Gasteiger partial charge on any atom is 0.160 e. The summed E-state index contributed by atoms with van der Waals surface area (Å²) in [5, 5.41) is 2.38. The van der Waals surface area contributed by atoms with Gasteiger partial charge in [-0.2, -0.15) is 0 Å². The Balaban J connectivity index is 1.70. The number of halogens is 2. The minimum Gasteiger partial charge on any atom is -0.336 e. The standard InChI is InChI=1S/C22H18Cl2OS3/c23-17-11-12-20(24)22(15-17,28-19-9-5-2-6-10-19)25-21(13-14-26-16-21)27-18-7-3-1-4-8-18/h1-15,20H,16H2. The summed E-state index contributed by atoms with van der Waals surface area (Å²) in [7, 11) is 0. The van der Waals surface area contributed by atoms with E-state index in [-0.39, 0.29) is 5.38 Å². The highest BCUT2D eigenvalue weighted by Crippen LogP contribution is 2.52. The van der Waals surface area contributed by atoms with Gasteiger partial charge in [-0.3, -0.25) is 0 Å². The Morgan fingerprint density at radius 1 is 0.964 bits per heavy atom. The van der Waals surface area contributed by atoms with E-state index >= 15 is 0 Å². The Morgan fingerprint density at radius 3 is 2.21 bits per heavy atom. The van der Waals surface area contributed by atoms with Gasteiger partial charge in [0, 0.05) is 20.6 Å². The van der Waals surface area contributed by atoms with Crippen LogP contribution in [0.2, 0.25) is 0 Å². The van der Waals surface area contributed by atoms with Gasteiger partial charge in [-0.05, 0) is 47.9 Å². The van der Waals surface area contributed by atoms with Crippen molar-refractivity contribution in [1.29, 1.82) is 0 Å². The SMILES string of the molecule is ClC1=CC(OC2(Sc3ccccc3)C=CSC2)(Sc2ccccc2)C(Cl)C=C1. The molecule has 6 heteroatoms. The molecule has 28 heavy (non-hydrogen) atoms. The summed E-state index contributed by atoms with van der Waals surface area (Å²) < 4.78 is 6.89. The first-order valence-electron chi connectivity index (χ1n) is 8.77. The van der Waals surface area contributed by atoms with E-state index in [1.165, 1.54) is 0 Å². The summed E-state index contributed by atoms with van der Waals surface area (Å²) in [6, 6.07) is 20.5. The zero-order valence-electron chi connectivity index (χ0n) is 14.8. The smallest absolute Gasteiger partial charge is 0.160 e. The third-order valence-electron chi connectivity index (χ3n) is 4.24. The third-order valence-corrected chi connectivity index (χ3v) is 8.68. The second-order valence-electron chi connectivity index (χ2n) is 6.37. The molecule has 144 valence electrons. The fraction of sp³-hybridized carbons (Fsp3) is 0.182. The number of hydrogen-bond acceptors (Lipinski definition) is 4. The highest BCUT2D eigenvalue weighted by Gasteiger charge is 2.47. The number of alkyl halides is 1. The van der Waals surface area contributed by atoms with Gasteiger partial charge in [0.2, 0.25) is 0 Å². The Morgan fingerprint density at radius 2 is 1.61 bits per heavy atom. The van der Waals surface area contributed by atoms with Gasteiger partial charge in [0.15, 0.2) is 4.93 Å². The molecule has 0 amide bonds. The second-order valence-corrected chi connectivity index (χ2v) is 10.9. The Kier molecular flexibility index (Phi) is 6.56. The number of benzene rings is 2. The maximum absolute atomic E-state index is 6.89. The van der Waals surface area contributed by atoms with E-state index in [0.717, 1.165) is 15.5 Å². The molecule has 3 atom stereocenters. The van der Waals surface area contributed by atoms with Gasteiger partial charge in [0.05, 0.1) is 5.38 Å². The molecule has 1 aliphatic carbocycles. The summed E-state index contributed by atoms with van der Waals surface area (Å²) >= 11 is 18.3. The van der Waals surface area contributed by atoms with E-state index in [4.69, 9.17) is 27.9 Å². The van der Waals surface area contributed by atoms with Crippen molar-refractivity contribution >= 4 is 58.5 Å². The van der Waals surface area contributed by atoms with Gasteiger partial charge in [-0.1, -0.05) is 77.6 Å². The highest BCUT2D eigenvalue weighted by atomic mass is 35.5. The zero-order valence-corrected chi connectivity index (χ0v) is 18.8. The topological polar surface area (TPSA) is 9.23 Å². The normalized spacial score (nSPS) is 29.1. The Bertz CT molecular complexity index is 901. The summed E-state index contributed by atoms with van der Waals surface area (Å²) in [5.41, 5.74) is 0. The molecule has 0 saturated carbocycles. The van der Waals surface area contributed by atoms with Crippen LogP contribution in [0.5, 0.6) is 0 Å². The van der Waals surface area contributed by atoms with Crippen molar-refractivity contribution in [3.63, 3.8) is 0 Å². The van der Waals surface area contributed by atoms with E-state index in [1.807, 2.05) is 54.6 Å². The molecule has 2 aliphatic rings. The quantitative estimate of drug-likeness (QED) is 0.322. The van der Waals surface area contributed by atoms with E-state index in [9.17, 15) is 0 Å². The van der Waals surface area contributed by atoms with Crippen molar-refractivity contribution in [3.05, 3.63) is 95.4 Å². The summed E-state index contributed by atoms with van der Waals surface area (Å²) in [4.78, 5) is 0.895. The fourth-order valence-electron chi connectivity index (χ4n) is 2.97. The van der Waals surface area contributed by atoms with E-state index < -0.39 is 9.87 Å². The lowest BCUT2D eigenvalue weighted by Gasteiger charge is -2.42. The van der Waals surface area contributed by atoms with Crippen molar-refractivity contribution in [2.45, 2.75) is 25.0 Å². The van der Waals surface area contributed by atoms with Crippen molar-refractivity contribution in [2.24, 2.45) is 0 Å². The average molecular weight is 465 g/mol. The number of allylic oxidation sites excluding steroid dienone is 2. The van der Waals surface area contributed by atoms with Crippen molar-refractivity contribution in [2.75, 3.05) is 5.75 Å². The van der Waals surface area contributed by atoms with Crippen molar-refractivity contribution < 1.29 is 4.74 Å². The lowest BCUT2D eigenvalue weighted by Crippen LogP contribution is -2.45. The molecule has 1 heterocycles. The number of hydrogen-bond donors (Lipinski definition) is 0. The lowest BCUT2D eigenvalue weighted by molar-refractivity contribution is 0.0137. The molecule has 2 aromatic carbocycles. The second kappa shape index (κ2) is 8.95. The van der Waals surface area contributed by atoms with Gasteiger partial charge < -0.3 is 4.74 Å². The Labute approximate surface area is 188 Å². The van der Waals surface area contributed by atoms with Crippen LogP contribution in [-0.2, 0) is 4.74 Å². The molecule has 0 bridgehead atoms. The molecule has 3 unspecified atom stereocenters. The van der Waals surface area contributed by atoms with Crippen LogP contribution in [-0.4, -0.2) is 21.0 Å². The minimum absolute atomic E-state index is 0.354. The molecule has 0 saturated heterocycles. The van der Waals surface area contributed by atoms with E-state index in [0.29, 0.717) is 5.03 Å². The maximum atomic E-state index is 6.89. The molecule has 0 radical (unpaired) electrons. The summed E-state index contributed by atoms with van der Waals surface area (Å²) in [5.74, 6) is 0.808. The number of thioether (sulfide) groups is 3. The minimum atomic E-state index is -0.814. The van der Waals surface area contributed by atoms with Gasteiger partial charge in [0.1, 0.15) is 4.93 Å². The summed E-state index contributed by atoms with van der Waals surface area (Å²) in [6.45, 7) is 0. The Hall–Kier alpha value is -0.750. The first-order chi connectivity index (χ1) is 13.6. The van der Waals surface area contributed by atoms with Crippen LogP contribution in [0.3, 0.4) is 0 Å². The molecule has 0 N–H and O–H groups in total. The fourth-order valence-corrected chi connectivity index (χ4v) is 7.19. The highest BCUT2D eigenvalue weighted by molar-refractivity contribution is 8.06. The first-order valence-corrected chi connectivity index (χ1v) is 12.3. The lowest BCUT2D eigenvalue weighted by atomic mass is 10.1. The van der Waals surface area contributed by atoms with Crippen LogP contribution < -0.4 is 0 Å². The van der Waals surface area contributed by atoms with Gasteiger partial charge in [0.25, 0.3) is 0 Å². The molecule has 4 rings (SSSR count). The molecule has 0 spiro atoms. The van der Waals surface area contributed by atoms with Crippen molar-refractivity contribution in [1.82, 2.24) is 0 Å². The van der Waals surface area contributed by atoms with Crippen LogP contribution in [0, 0.1) is 0 Å². The molecular weight excluding hydrogens is 447 g/mol. The molecule has 1 nitrogen and oxygen atoms in total. The van der Waals surface area contributed by atoms with Crippen LogP contribution in [0.1, 0.15) is 0 Å². The third kappa shape index (κ3) is 4.69. The summed E-state index contributed by atoms with van der Waals surface area (Å²) in [6.07, 6.45) is 7.81. The monoisotopic (exact) mass is 464 g/mol. The predicted octanol–water partition coefficient (Wildman–Crippen LogP) is 7.54. The largest absolute Gasteiger partial charge is 0.336 e. The van der Waals surface area contributed by atoms with Crippen molar-refractivity contribution in [3.8, 4) is 0 Å². The zero-order chi connectivity index (χ0) is 19.5. The molecule has 0 fully saturated rings. The molecule has 2 aromatic rings. The molecule has 0 aromatic heterocycles. The van der Waals surface area contributed by atoms with E-state index in [1.54, 1.807) is 35.3 Å². The van der Waals surface area contributed by atoms with Gasteiger partial charge in [-0.25, -0.2) is 0 Å². The van der Waals surface area contributed by atoms with Crippen LogP contribution in [0.25, 0.3) is 0 Å². The van der Waals surface area contributed by atoms with Gasteiger partial charge in [-0.15, -0.1) is 23.4 Å². The van der Waals surface area contributed by atoms with Gasteiger partial charge >= 0.3 is 0 Å². The predicted molar refractivity (Wildman–Crippen MR) is 125 cm³/mol. The van der Waals surface area contributed by atoms with Crippen LogP contribution in [0.15, 0.2) is 105 Å². The average Bonchev–Trinajstić information content (AvgIpc) is 3.14. The first kappa shape index (κ1) is 20.5. The molecule has 1 aliphatic heterocycles. The van der Waals surface area contributed by atoms with E-state index in [2.05, 4.69) is 35.7 Å². The number of ether oxygens (including phenoxy) is 1. The number of rotatable bonds is 6. The molecular formula is C22H18Cl2OS3. The van der Waals surface area contributed by atoms with Crippen LogP contribution >= 0.6 is 58.5 Å².